The lowest BCUT2D eigenvalue weighted by atomic mass is 9.70. The smallest absolute Gasteiger partial charge is 0.274 e. The third-order valence-corrected chi connectivity index (χ3v) is 6.11. The molecule has 6 nitrogen and oxygen atoms in total. The highest BCUT2D eigenvalue weighted by atomic mass is 16.5. The third kappa shape index (κ3) is 3.24. The van der Waals surface area contributed by atoms with Gasteiger partial charge in [-0.2, -0.15) is 0 Å². The lowest BCUT2D eigenvalue weighted by molar-refractivity contribution is -0.137. The molecule has 1 aliphatic carbocycles. The summed E-state index contributed by atoms with van der Waals surface area (Å²) in [6.45, 7) is 1.39. The molecule has 0 bridgehead atoms. The SMILES string of the molecule is COc1ccc(CN2CCC3(CCc4cc(C(=O)NO)ccc4C3)C2=O)cc1. The van der Waals surface area contributed by atoms with E-state index >= 15 is 0 Å². The number of aryl methyl sites for hydroxylation is 1. The first-order chi connectivity index (χ1) is 13.5. The number of ether oxygens (including phenoxy) is 1. The van der Waals surface area contributed by atoms with Gasteiger partial charge in [-0.3, -0.25) is 14.8 Å². The van der Waals surface area contributed by atoms with Crippen LogP contribution in [-0.2, 0) is 24.2 Å². The number of fused-ring (bicyclic) bond motifs is 1. The lowest BCUT2D eigenvalue weighted by Crippen LogP contribution is -2.38. The Morgan fingerprint density at radius 2 is 1.96 bits per heavy atom. The second kappa shape index (κ2) is 7.28. The van der Waals surface area contributed by atoms with E-state index in [2.05, 4.69) is 0 Å². The highest BCUT2D eigenvalue weighted by Gasteiger charge is 2.47. The second-order valence-electron chi connectivity index (χ2n) is 7.71. The van der Waals surface area contributed by atoms with Crippen molar-refractivity contribution in [3.8, 4) is 5.75 Å². The molecular formula is C22H24N2O4. The Kier molecular flexibility index (Phi) is 4.81. The fraction of sp³-hybridized carbons (Fsp3) is 0.364. The van der Waals surface area contributed by atoms with Crippen LogP contribution in [0.15, 0.2) is 42.5 Å². The highest BCUT2D eigenvalue weighted by Crippen LogP contribution is 2.44. The predicted octanol–water partition coefficient (Wildman–Crippen LogP) is 2.72. The Morgan fingerprint density at radius 1 is 1.18 bits per heavy atom. The highest BCUT2D eigenvalue weighted by molar-refractivity contribution is 5.93. The first kappa shape index (κ1) is 18.5. The minimum atomic E-state index is -0.509. The number of rotatable bonds is 4. The van der Waals surface area contributed by atoms with Crippen molar-refractivity contribution in [2.24, 2.45) is 5.41 Å². The van der Waals surface area contributed by atoms with Crippen molar-refractivity contribution in [3.63, 3.8) is 0 Å². The van der Waals surface area contributed by atoms with Crippen molar-refractivity contribution in [2.75, 3.05) is 13.7 Å². The monoisotopic (exact) mass is 380 g/mol. The number of hydrogen-bond donors (Lipinski definition) is 2. The molecule has 1 heterocycles. The quantitative estimate of drug-likeness (QED) is 0.631. The van der Waals surface area contributed by atoms with E-state index in [1.807, 2.05) is 41.3 Å². The zero-order chi connectivity index (χ0) is 19.7. The van der Waals surface area contributed by atoms with Gasteiger partial charge in [-0.05, 0) is 66.6 Å². The van der Waals surface area contributed by atoms with E-state index in [9.17, 15) is 9.59 Å². The van der Waals surface area contributed by atoms with E-state index in [0.29, 0.717) is 18.5 Å². The number of nitrogens with one attached hydrogen (secondary N) is 1. The Balaban J connectivity index is 1.49. The predicted molar refractivity (Wildman–Crippen MR) is 103 cm³/mol. The van der Waals surface area contributed by atoms with Crippen LogP contribution in [0.5, 0.6) is 5.75 Å². The van der Waals surface area contributed by atoms with Crippen molar-refractivity contribution in [1.29, 1.82) is 0 Å². The summed E-state index contributed by atoms with van der Waals surface area (Å²) in [5, 5.41) is 8.82. The van der Waals surface area contributed by atoms with Gasteiger partial charge in [-0.25, -0.2) is 5.48 Å². The van der Waals surface area contributed by atoms with E-state index in [1.54, 1.807) is 18.7 Å². The Bertz CT molecular complexity index is 909. The van der Waals surface area contributed by atoms with Crippen molar-refractivity contribution < 1.29 is 19.5 Å². The summed E-state index contributed by atoms with van der Waals surface area (Å²) in [6, 6.07) is 13.3. The maximum atomic E-state index is 13.2. The lowest BCUT2D eigenvalue weighted by Gasteiger charge is -2.33. The molecule has 1 atom stereocenters. The van der Waals surface area contributed by atoms with Gasteiger partial charge in [-0.1, -0.05) is 18.2 Å². The number of hydroxylamine groups is 1. The molecule has 1 fully saturated rings. The average Bonchev–Trinajstić information content (AvgIpc) is 3.03. The molecule has 4 rings (SSSR count). The minimum absolute atomic E-state index is 0.228. The molecule has 28 heavy (non-hydrogen) atoms. The molecule has 0 aromatic heterocycles. The van der Waals surface area contributed by atoms with Gasteiger partial charge in [0.15, 0.2) is 0 Å². The molecule has 2 aliphatic rings. The van der Waals surface area contributed by atoms with Gasteiger partial charge in [-0.15, -0.1) is 0 Å². The average molecular weight is 380 g/mol. The second-order valence-corrected chi connectivity index (χ2v) is 7.71. The van der Waals surface area contributed by atoms with Gasteiger partial charge in [0.2, 0.25) is 5.91 Å². The number of nitrogens with zero attached hydrogens (tertiary/aromatic N) is 1. The summed E-state index contributed by atoms with van der Waals surface area (Å²) in [5.74, 6) is 0.531. The molecule has 2 N–H and O–H groups in total. The molecule has 1 unspecified atom stereocenters. The number of carbonyl (C=O) groups is 2. The van der Waals surface area contributed by atoms with Crippen LogP contribution in [0.1, 0.15) is 39.9 Å². The summed E-state index contributed by atoms with van der Waals surface area (Å²) in [5.41, 5.74) is 5.10. The topological polar surface area (TPSA) is 78.9 Å². The number of likely N-dealkylation sites (tertiary alicyclic amines) is 1. The van der Waals surface area contributed by atoms with Crippen molar-refractivity contribution in [1.82, 2.24) is 10.4 Å². The normalized spacial score (nSPS) is 20.9. The van der Waals surface area contributed by atoms with Gasteiger partial charge < -0.3 is 9.64 Å². The van der Waals surface area contributed by atoms with Crippen LogP contribution in [0.4, 0.5) is 0 Å². The van der Waals surface area contributed by atoms with Crippen LogP contribution >= 0.6 is 0 Å². The Morgan fingerprint density at radius 3 is 2.68 bits per heavy atom. The summed E-state index contributed by atoms with van der Waals surface area (Å²) in [6.07, 6.45) is 3.13. The number of amides is 2. The van der Waals surface area contributed by atoms with Gasteiger partial charge >= 0.3 is 0 Å². The van der Waals surface area contributed by atoms with Gasteiger partial charge in [0.25, 0.3) is 5.91 Å². The van der Waals surface area contributed by atoms with Crippen molar-refractivity contribution in [2.45, 2.75) is 32.2 Å². The van der Waals surface area contributed by atoms with Crippen LogP contribution < -0.4 is 10.2 Å². The van der Waals surface area contributed by atoms with Crippen LogP contribution in [0.3, 0.4) is 0 Å². The molecule has 2 aromatic rings. The summed E-state index contributed by atoms with van der Waals surface area (Å²) in [7, 11) is 1.64. The van der Waals surface area contributed by atoms with Gasteiger partial charge in [0.05, 0.1) is 12.5 Å². The molecular weight excluding hydrogens is 356 g/mol. The zero-order valence-corrected chi connectivity index (χ0v) is 15.9. The minimum Gasteiger partial charge on any atom is -0.497 e. The summed E-state index contributed by atoms with van der Waals surface area (Å²) < 4.78 is 5.19. The van der Waals surface area contributed by atoms with E-state index in [4.69, 9.17) is 9.94 Å². The Hall–Kier alpha value is -2.86. The van der Waals surface area contributed by atoms with E-state index in [-0.39, 0.29) is 11.3 Å². The third-order valence-electron chi connectivity index (χ3n) is 6.11. The zero-order valence-electron chi connectivity index (χ0n) is 15.9. The van der Waals surface area contributed by atoms with E-state index < -0.39 is 5.91 Å². The number of carbonyl (C=O) groups excluding carboxylic acids is 2. The number of benzene rings is 2. The Labute approximate surface area is 164 Å². The fourth-order valence-electron chi connectivity index (χ4n) is 4.45. The number of hydrogen-bond acceptors (Lipinski definition) is 4. The molecule has 2 amide bonds. The van der Waals surface area contributed by atoms with Crippen LogP contribution in [0.2, 0.25) is 0 Å². The first-order valence-electron chi connectivity index (χ1n) is 9.53. The standard InChI is InChI=1S/C22H24N2O4/c1-28-19-6-2-15(3-7-19)14-24-11-10-22(21(24)26)9-8-16-12-17(20(25)23-27)4-5-18(16)13-22/h2-7,12,27H,8-11,13-14H2,1H3,(H,23,25). The molecule has 0 saturated carbocycles. The first-order valence-corrected chi connectivity index (χ1v) is 9.53. The van der Waals surface area contributed by atoms with Crippen LogP contribution in [0.25, 0.3) is 0 Å². The number of methoxy groups -OCH3 is 1. The van der Waals surface area contributed by atoms with Crippen molar-refractivity contribution >= 4 is 11.8 Å². The maximum absolute atomic E-state index is 13.2. The van der Waals surface area contributed by atoms with Crippen LogP contribution in [0, 0.1) is 5.41 Å². The van der Waals surface area contributed by atoms with E-state index in [0.717, 1.165) is 48.2 Å². The molecule has 1 saturated heterocycles. The largest absolute Gasteiger partial charge is 0.497 e. The van der Waals surface area contributed by atoms with E-state index in [1.165, 1.54) is 0 Å². The maximum Gasteiger partial charge on any atom is 0.274 e. The molecule has 146 valence electrons. The van der Waals surface area contributed by atoms with Crippen molar-refractivity contribution in [3.05, 3.63) is 64.7 Å². The molecule has 6 heteroatoms. The van der Waals surface area contributed by atoms with Gasteiger partial charge in [0, 0.05) is 18.7 Å². The summed E-state index contributed by atoms with van der Waals surface area (Å²) >= 11 is 0. The van der Waals surface area contributed by atoms with Gasteiger partial charge in [0.1, 0.15) is 5.75 Å². The molecule has 0 radical (unpaired) electrons. The molecule has 1 aliphatic heterocycles. The molecule has 2 aromatic carbocycles. The fourth-order valence-corrected chi connectivity index (χ4v) is 4.45. The summed E-state index contributed by atoms with van der Waals surface area (Å²) in [4.78, 5) is 26.8. The van der Waals surface area contributed by atoms with Crippen LogP contribution in [-0.4, -0.2) is 35.6 Å². The molecule has 1 spiro atoms.